The molecule has 3 N–H and O–H groups in total. The van der Waals surface area contributed by atoms with E-state index in [4.69, 9.17) is 5.73 Å². The number of nitrogens with one attached hydrogen (secondary N) is 1. The molecule has 0 spiro atoms. The van der Waals surface area contributed by atoms with E-state index in [1.807, 2.05) is 6.07 Å². The van der Waals surface area contributed by atoms with E-state index in [-0.39, 0.29) is 0 Å². The molecule has 1 aliphatic rings. The minimum atomic E-state index is 0.513. The van der Waals surface area contributed by atoms with E-state index < -0.39 is 0 Å². The molecular weight excluding hydrogens is 272 g/mol. The number of aliphatic imine (C=N–C) groups is 1. The van der Waals surface area contributed by atoms with Crippen LogP contribution in [0.1, 0.15) is 43.2 Å². The van der Waals surface area contributed by atoms with Gasteiger partial charge in [0.1, 0.15) is 0 Å². The van der Waals surface area contributed by atoms with Crippen LogP contribution in [0.25, 0.3) is 0 Å². The summed E-state index contributed by atoms with van der Waals surface area (Å²) in [6.07, 6.45) is 6.55. The first-order valence-corrected chi connectivity index (χ1v) is 8.52. The van der Waals surface area contributed by atoms with E-state index in [1.165, 1.54) is 49.9 Å². The van der Waals surface area contributed by atoms with Crippen LogP contribution in [0.15, 0.2) is 23.2 Å². The second-order valence-electron chi connectivity index (χ2n) is 6.30. The number of anilines is 1. The molecule has 1 aliphatic heterocycles. The predicted molar refractivity (Wildman–Crippen MR) is 95.6 cm³/mol. The molecule has 2 rings (SSSR count). The van der Waals surface area contributed by atoms with Crippen molar-refractivity contribution in [1.82, 2.24) is 4.90 Å². The zero-order chi connectivity index (χ0) is 15.8. The molecule has 0 bridgehead atoms. The van der Waals surface area contributed by atoms with Crippen LogP contribution in [0.2, 0.25) is 0 Å². The zero-order valence-electron chi connectivity index (χ0n) is 14.1. The Morgan fingerprint density at radius 1 is 1.14 bits per heavy atom. The summed E-state index contributed by atoms with van der Waals surface area (Å²) in [5, 5.41) is 3.17. The maximum absolute atomic E-state index is 5.96. The number of likely N-dealkylation sites (tertiary alicyclic amines) is 1. The molecule has 0 amide bonds. The van der Waals surface area contributed by atoms with Gasteiger partial charge in [-0.2, -0.15) is 0 Å². The van der Waals surface area contributed by atoms with Gasteiger partial charge in [0.05, 0.1) is 0 Å². The molecule has 22 heavy (non-hydrogen) atoms. The number of benzene rings is 1. The van der Waals surface area contributed by atoms with Gasteiger partial charge in [0, 0.05) is 12.2 Å². The SMILES string of the molecule is Cc1ccc(NC(N)=NCCCN2CCCCCC2)cc1C. The average molecular weight is 302 g/mol. The summed E-state index contributed by atoms with van der Waals surface area (Å²) in [4.78, 5) is 7.00. The molecule has 4 heteroatoms. The lowest BCUT2D eigenvalue weighted by atomic mass is 10.1. The second kappa shape index (κ2) is 8.79. The molecular formula is C18H30N4. The van der Waals surface area contributed by atoms with Crippen molar-refractivity contribution >= 4 is 11.6 Å². The monoisotopic (exact) mass is 302 g/mol. The first-order chi connectivity index (χ1) is 10.6. The summed E-state index contributed by atoms with van der Waals surface area (Å²) in [7, 11) is 0. The number of nitrogens with two attached hydrogens (primary N) is 1. The third-order valence-corrected chi connectivity index (χ3v) is 4.39. The number of guanidine groups is 1. The van der Waals surface area contributed by atoms with Gasteiger partial charge in [0.25, 0.3) is 0 Å². The number of hydrogen-bond acceptors (Lipinski definition) is 2. The van der Waals surface area contributed by atoms with E-state index in [0.29, 0.717) is 5.96 Å². The topological polar surface area (TPSA) is 53.6 Å². The Bertz CT molecular complexity index is 488. The van der Waals surface area contributed by atoms with E-state index in [0.717, 1.165) is 25.2 Å². The summed E-state index contributed by atoms with van der Waals surface area (Å²) in [5.74, 6) is 0.513. The Labute approximate surface area is 134 Å². The van der Waals surface area contributed by atoms with Crippen LogP contribution in [0, 0.1) is 13.8 Å². The normalized spacial score (nSPS) is 17.3. The van der Waals surface area contributed by atoms with Crippen LogP contribution in [-0.2, 0) is 0 Å². The van der Waals surface area contributed by atoms with Crippen molar-refractivity contribution in [3.63, 3.8) is 0 Å². The van der Waals surface area contributed by atoms with Crippen molar-refractivity contribution in [3.05, 3.63) is 29.3 Å². The van der Waals surface area contributed by atoms with Gasteiger partial charge < -0.3 is 16.0 Å². The fourth-order valence-corrected chi connectivity index (χ4v) is 2.86. The Morgan fingerprint density at radius 2 is 1.86 bits per heavy atom. The first-order valence-electron chi connectivity index (χ1n) is 8.52. The number of nitrogens with zero attached hydrogens (tertiary/aromatic N) is 2. The largest absolute Gasteiger partial charge is 0.370 e. The van der Waals surface area contributed by atoms with Crippen molar-refractivity contribution in [1.29, 1.82) is 0 Å². The van der Waals surface area contributed by atoms with Gasteiger partial charge in [-0.05, 0) is 76.0 Å². The van der Waals surface area contributed by atoms with Crippen LogP contribution in [-0.4, -0.2) is 37.0 Å². The maximum Gasteiger partial charge on any atom is 0.193 e. The van der Waals surface area contributed by atoms with E-state index in [2.05, 4.69) is 41.2 Å². The van der Waals surface area contributed by atoms with Gasteiger partial charge in [0.15, 0.2) is 5.96 Å². The van der Waals surface area contributed by atoms with Crippen LogP contribution in [0.4, 0.5) is 5.69 Å². The van der Waals surface area contributed by atoms with Crippen molar-refractivity contribution in [3.8, 4) is 0 Å². The Morgan fingerprint density at radius 3 is 2.55 bits per heavy atom. The zero-order valence-corrected chi connectivity index (χ0v) is 14.1. The summed E-state index contributed by atoms with van der Waals surface area (Å²) in [6, 6.07) is 6.25. The number of aryl methyl sites for hydroxylation is 2. The number of hydrogen-bond donors (Lipinski definition) is 2. The fraction of sp³-hybridized carbons (Fsp3) is 0.611. The molecule has 1 aromatic rings. The molecule has 1 fully saturated rings. The summed E-state index contributed by atoms with van der Waals surface area (Å²) < 4.78 is 0. The van der Waals surface area contributed by atoms with Crippen LogP contribution in [0.3, 0.4) is 0 Å². The van der Waals surface area contributed by atoms with Gasteiger partial charge in [-0.25, -0.2) is 0 Å². The summed E-state index contributed by atoms with van der Waals surface area (Å²) in [6.45, 7) is 8.65. The van der Waals surface area contributed by atoms with Crippen molar-refractivity contribution < 1.29 is 0 Å². The molecule has 0 atom stereocenters. The summed E-state index contributed by atoms with van der Waals surface area (Å²) in [5.41, 5.74) is 9.53. The van der Waals surface area contributed by atoms with Gasteiger partial charge in [-0.15, -0.1) is 0 Å². The average Bonchev–Trinajstić information content (AvgIpc) is 2.76. The number of rotatable bonds is 5. The highest BCUT2D eigenvalue weighted by Crippen LogP contribution is 2.13. The Balaban J connectivity index is 1.71. The third kappa shape index (κ3) is 5.68. The molecule has 0 aliphatic carbocycles. The lowest BCUT2D eigenvalue weighted by molar-refractivity contribution is 0.283. The Hall–Kier alpha value is -1.55. The standard InChI is InChI=1S/C18H30N4/c1-15-8-9-17(14-16(15)2)21-18(19)20-10-7-13-22-11-5-3-4-6-12-22/h8-9,14H,3-7,10-13H2,1-2H3,(H3,19,20,21). The first kappa shape index (κ1) is 16.8. The molecule has 0 radical (unpaired) electrons. The third-order valence-electron chi connectivity index (χ3n) is 4.39. The van der Waals surface area contributed by atoms with Gasteiger partial charge in [-0.1, -0.05) is 18.9 Å². The molecule has 0 aromatic heterocycles. The molecule has 1 saturated heterocycles. The highest BCUT2D eigenvalue weighted by Gasteiger charge is 2.07. The van der Waals surface area contributed by atoms with Crippen LogP contribution in [0.5, 0.6) is 0 Å². The van der Waals surface area contributed by atoms with Crippen molar-refractivity contribution in [2.45, 2.75) is 46.0 Å². The lowest BCUT2D eigenvalue weighted by Crippen LogP contribution is -2.27. The minimum Gasteiger partial charge on any atom is -0.370 e. The van der Waals surface area contributed by atoms with Crippen molar-refractivity contribution in [2.75, 3.05) is 31.5 Å². The summed E-state index contributed by atoms with van der Waals surface area (Å²) >= 11 is 0. The van der Waals surface area contributed by atoms with E-state index in [9.17, 15) is 0 Å². The predicted octanol–water partition coefficient (Wildman–Crippen LogP) is 3.30. The molecule has 4 nitrogen and oxygen atoms in total. The molecule has 0 saturated carbocycles. The molecule has 1 heterocycles. The minimum absolute atomic E-state index is 0.513. The van der Waals surface area contributed by atoms with Gasteiger partial charge >= 0.3 is 0 Å². The smallest absolute Gasteiger partial charge is 0.193 e. The lowest BCUT2D eigenvalue weighted by Gasteiger charge is -2.18. The maximum atomic E-state index is 5.96. The van der Waals surface area contributed by atoms with Crippen molar-refractivity contribution in [2.24, 2.45) is 10.7 Å². The highest BCUT2D eigenvalue weighted by atomic mass is 15.1. The quantitative estimate of drug-likeness (QED) is 0.498. The highest BCUT2D eigenvalue weighted by molar-refractivity contribution is 5.92. The molecule has 1 aromatic carbocycles. The van der Waals surface area contributed by atoms with Gasteiger partial charge in [-0.3, -0.25) is 4.99 Å². The molecule has 122 valence electrons. The van der Waals surface area contributed by atoms with Crippen LogP contribution >= 0.6 is 0 Å². The van der Waals surface area contributed by atoms with Gasteiger partial charge in [0.2, 0.25) is 0 Å². The van der Waals surface area contributed by atoms with E-state index in [1.54, 1.807) is 0 Å². The molecule has 0 unspecified atom stereocenters. The second-order valence-corrected chi connectivity index (χ2v) is 6.30. The van der Waals surface area contributed by atoms with Crippen LogP contribution < -0.4 is 11.1 Å². The fourth-order valence-electron chi connectivity index (χ4n) is 2.86. The van der Waals surface area contributed by atoms with E-state index >= 15 is 0 Å². The Kier molecular flexibility index (Phi) is 6.72.